The monoisotopic (exact) mass is 203 g/mol. The van der Waals surface area contributed by atoms with Gasteiger partial charge in [-0.05, 0) is 13.8 Å². The number of rotatable bonds is 2. The lowest BCUT2D eigenvalue weighted by Crippen LogP contribution is -2.10. The highest BCUT2D eigenvalue weighted by molar-refractivity contribution is 5.72. The molecule has 2 heterocycles. The van der Waals surface area contributed by atoms with Gasteiger partial charge >= 0.3 is 0 Å². The molecule has 15 heavy (non-hydrogen) atoms. The van der Waals surface area contributed by atoms with E-state index in [1.807, 2.05) is 19.9 Å². The summed E-state index contributed by atoms with van der Waals surface area (Å²) < 4.78 is 0. The number of aromatic nitrogens is 4. The molecule has 2 rings (SSSR count). The molecule has 0 aliphatic carbocycles. The first-order valence-electron chi connectivity index (χ1n) is 4.73. The standard InChI is InChI=1S/C10H13N5/c1-6(2)3-7(11)8-9-10(14-4-12-8)15-5-13-9/h3-5,7H,11H2,1-2H3,(H,12,13,14,15). The van der Waals surface area contributed by atoms with Crippen molar-refractivity contribution in [2.45, 2.75) is 19.9 Å². The molecule has 0 saturated heterocycles. The molecule has 0 aliphatic heterocycles. The minimum absolute atomic E-state index is 0.221. The van der Waals surface area contributed by atoms with E-state index >= 15 is 0 Å². The molecule has 1 unspecified atom stereocenters. The Morgan fingerprint density at radius 2 is 2.20 bits per heavy atom. The molecule has 78 valence electrons. The van der Waals surface area contributed by atoms with Crippen LogP contribution in [0.3, 0.4) is 0 Å². The van der Waals surface area contributed by atoms with Crippen molar-refractivity contribution in [2.24, 2.45) is 5.73 Å². The lowest BCUT2D eigenvalue weighted by molar-refractivity contribution is 0.854. The average molecular weight is 203 g/mol. The molecular weight excluding hydrogens is 190 g/mol. The number of nitrogens with two attached hydrogens (primary N) is 1. The molecule has 0 radical (unpaired) electrons. The van der Waals surface area contributed by atoms with Crippen LogP contribution >= 0.6 is 0 Å². The number of H-pyrrole nitrogens is 1. The third-order valence-corrected chi connectivity index (χ3v) is 2.08. The number of nitrogens with zero attached hydrogens (tertiary/aromatic N) is 3. The molecule has 3 N–H and O–H groups in total. The Morgan fingerprint density at radius 1 is 1.40 bits per heavy atom. The molecule has 0 saturated carbocycles. The fourth-order valence-electron chi connectivity index (χ4n) is 1.47. The lowest BCUT2D eigenvalue weighted by Gasteiger charge is -2.06. The second kappa shape index (κ2) is 3.78. The Bertz CT molecular complexity index is 495. The third-order valence-electron chi connectivity index (χ3n) is 2.08. The number of nitrogens with one attached hydrogen (secondary N) is 1. The summed E-state index contributed by atoms with van der Waals surface area (Å²) in [6, 6.07) is -0.221. The predicted molar refractivity (Wildman–Crippen MR) is 58.0 cm³/mol. The van der Waals surface area contributed by atoms with Crippen molar-refractivity contribution in [3.63, 3.8) is 0 Å². The molecule has 2 aromatic heterocycles. The number of hydrogen-bond donors (Lipinski definition) is 2. The number of allylic oxidation sites excluding steroid dienone is 1. The molecule has 1 atom stereocenters. The number of hydrogen-bond acceptors (Lipinski definition) is 4. The van der Waals surface area contributed by atoms with Crippen molar-refractivity contribution in [3.8, 4) is 0 Å². The molecule has 0 aromatic carbocycles. The summed E-state index contributed by atoms with van der Waals surface area (Å²) >= 11 is 0. The minimum Gasteiger partial charge on any atom is -0.342 e. The molecule has 0 spiro atoms. The van der Waals surface area contributed by atoms with Crippen LogP contribution in [0, 0.1) is 0 Å². The van der Waals surface area contributed by atoms with Gasteiger partial charge in [0.25, 0.3) is 0 Å². The maximum atomic E-state index is 6.01. The zero-order valence-electron chi connectivity index (χ0n) is 8.73. The van der Waals surface area contributed by atoms with Crippen LogP contribution in [-0.4, -0.2) is 19.9 Å². The van der Waals surface area contributed by atoms with Crippen molar-refractivity contribution in [2.75, 3.05) is 0 Å². The number of aromatic amines is 1. The van der Waals surface area contributed by atoms with Gasteiger partial charge in [-0.15, -0.1) is 0 Å². The average Bonchev–Trinajstić information content (AvgIpc) is 2.63. The van der Waals surface area contributed by atoms with E-state index < -0.39 is 0 Å². The van der Waals surface area contributed by atoms with E-state index in [4.69, 9.17) is 5.73 Å². The van der Waals surface area contributed by atoms with Crippen molar-refractivity contribution in [3.05, 3.63) is 30.0 Å². The fourth-order valence-corrected chi connectivity index (χ4v) is 1.47. The zero-order chi connectivity index (χ0) is 10.8. The summed E-state index contributed by atoms with van der Waals surface area (Å²) in [5.41, 5.74) is 9.40. The first-order valence-corrected chi connectivity index (χ1v) is 4.73. The van der Waals surface area contributed by atoms with E-state index in [0.29, 0.717) is 5.65 Å². The zero-order valence-corrected chi connectivity index (χ0v) is 8.73. The highest BCUT2D eigenvalue weighted by atomic mass is 15.0. The van der Waals surface area contributed by atoms with Gasteiger partial charge in [0, 0.05) is 0 Å². The molecule has 5 heteroatoms. The molecule has 5 nitrogen and oxygen atoms in total. The van der Waals surface area contributed by atoms with Gasteiger partial charge < -0.3 is 10.7 Å². The Morgan fingerprint density at radius 3 is 2.93 bits per heavy atom. The SMILES string of the molecule is CC(C)=CC(N)c1ncnc2nc[nH]c12. The quantitative estimate of drug-likeness (QED) is 0.721. The van der Waals surface area contributed by atoms with Gasteiger partial charge in [0.1, 0.15) is 11.8 Å². The number of imidazole rings is 1. The van der Waals surface area contributed by atoms with Crippen molar-refractivity contribution < 1.29 is 0 Å². The molecule has 2 aromatic rings. The highest BCUT2D eigenvalue weighted by Crippen LogP contribution is 2.17. The van der Waals surface area contributed by atoms with Crippen LogP contribution in [0.25, 0.3) is 11.2 Å². The van der Waals surface area contributed by atoms with Gasteiger partial charge in [-0.2, -0.15) is 0 Å². The van der Waals surface area contributed by atoms with E-state index in [-0.39, 0.29) is 6.04 Å². The second-order valence-electron chi connectivity index (χ2n) is 3.63. The summed E-state index contributed by atoms with van der Waals surface area (Å²) in [6.45, 7) is 4.01. The Balaban J connectivity index is 2.51. The lowest BCUT2D eigenvalue weighted by atomic mass is 10.1. The van der Waals surface area contributed by atoms with Crippen molar-refractivity contribution in [1.82, 2.24) is 19.9 Å². The largest absolute Gasteiger partial charge is 0.342 e. The Labute approximate surface area is 87.5 Å². The molecule has 0 amide bonds. The minimum atomic E-state index is -0.221. The highest BCUT2D eigenvalue weighted by Gasteiger charge is 2.11. The van der Waals surface area contributed by atoms with Crippen molar-refractivity contribution >= 4 is 11.2 Å². The fraction of sp³-hybridized carbons (Fsp3) is 0.300. The summed E-state index contributed by atoms with van der Waals surface area (Å²) in [5.74, 6) is 0. The van der Waals surface area contributed by atoms with E-state index in [2.05, 4.69) is 19.9 Å². The Hall–Kier alpha value is -1.75. The van der Waals surface area contributed by atoms with Gasteiger partial charge in [-0.1, -0.05) is 11.6 Å². The van der Waals surface area contributed by atoms with Crippen LogP contribution in [-0.2, 0) is 0 Å². The Kier molecular flexibility index (Phi) is 2.47. The number of fused-ring (bicyclic) bond motifs is 1. The van der Waals surface area contributed by atoms with E-state index in [9.17, 15) is 0 Å². The third kappa shape index (κ3) is 1.87. The summed E-state index contributed by atoms with van der Waals surface area (Å²) in [4.78, 5) is 15.3. The van der Waals surface area contributed by atoms with Gasteiger partial charge in [-0.25, -0.2) is 15.0 Å². The summed E-state index contributed by atoms with van der Waals surface area (Å²) in [7, 11) is 0. The molecule has 0 fully saturated rings. The smallest absolute Gasteiger partial charge is 0.180 e. The van der Waals surface area contributed by atoms with Crippen LogP contribution < -0.4 is 5.73 Å². The molecular formula is C10H13N5. The van der Waals surface area contributed by atoms with Crippen LogP contribution in [0.4, 0.5) is 0 Å². The topological polar surface area (TPSA) is 80.5 Å². The summed E-state index contributed by atoms with van der Waals surface area (Å²) in [6.07, 6.45) is 5.04. The van der Waals surface area contributed by atoms with Gasteiger partial charge in [0.2, 0.25) is 0 Å². The first-order chi connectivity index (χ1) is 7.18. The molecule has 0 aliphatic rings. The van der Waals surface area contributed by atoms with Crippen LogP contribution in [0.2, 0.25) is 0 Å². The van der Waals surface area contributed by atoms with E-state index in [1.54, 1.807) is 6.33 Å². The van der Waals surface area contributed by atoms with Crippen LogP contribution in [0.5, 0.6) is 0 Å². The van der Waals surface area contributed by atoms with Crippen molar-refractivity contribution in [1.29, 1.82) is 0 Å². The predicted octanol–water partition coefficient (Wildman–Crippen LogP) is 1.32. The summed E-state index contributed by atoms with van der Waals surface area (Å²) in [5, 5.41) is 0. The van der Waals surface area contributed by atoms with Gasteiger partial charge in [-0.3, -0.25) is 0 Å². The maximum absolute atomic E-state index is 6.01. The van der Waals surface area contributed by atoms with Gasteiger partial charge in [0.05, 0.1) is 18.1 Å². The van der Waals surface area contributed by atoms with Crippen LogP contribution in [0.15, 0.2) is 24.3 Å². The normalized spacial score (nSPS) is 12.7. The second-order valence-corrected chi connectivity index (χ2v) is 3.63. The van der Waals surface area contributed by atoms with Crippen LogP contribution in [0.1, 0.15) is 25.6 Å². The first kappa shape index (κ1) is 9.79. The van der Waals surface area contributed by atoms with E-state index in [1.165, 1.54) is 6.33 Å². The van der Waals surface area contributed by atoms with Gasteiger partial charge in [0.15, 0.2) is 5.65 Å². The van der Waals surface area contributed by atoms with E-state index in [0.717, 1.165) is 16.8 Å². The molecule has 0 bridgehead atoms. The maximum Gasteiger partial charge on any atom is 0.180 e.